The Bertz CT molecular complexity index is 389. The minimum absolute atomic E-state index is 0.235. The summed E-state index contributed by atoms with van der Waals surface area (Å²) >= 11 is 5.41. The van der Waals surface area contributed by atoms with E-state index in [1.54, 1.807) is 0 Å². The molecule has 1 N–H and O–H groups in total. The van der Waals surface area contributed by atoms with Crippen LogP contribution >= 0.6 is 27.3 Å². The van der Waals surface area contributed by atoms with Crippen molar-refractivity contribution in [3.63, 3.8) is 0 Å². The van der Waals surface area contributed by atoms with E-state index in [4.69, 9.17) is 0 Å². The number of rotatable bonds is 4. The van der Waals surface area contributed by atoms with Crippen LogP contribution in [0.2, 0.25) is 0 Å². The van der Waals surface area contributed by atoms with E-state index in [9.17, 15) is 0 Å². The average molecular weight is 331 g/mol. The molecule has 1 saturated heterocycles. The lowest BCUT2D eigenvalue weighted by Gasteiger charge is -2.44. The Balaban J connectivity index is 2.05. The van der Waals surface area contributed by atoms with Gasteiger partial charge in [0.2, 0.25) is 0 Å². The molecule has 1 fully saturated rings. The summed E-state index contributed by atoms with van der Waals surface area (Å²) in [6.45, 7) is 10.2. The number of halogens is 1. The van der Waals surface area contributed by atoms with Gasteiger partial charge in [0.1, 0.15) is 0 Å². The quantitative estimate of drug-likeness (QED) is 0.901. The molecule has 2 rings (SSSR count). The van der Waals surface area contributed by atoms with E-state index in [1.165, 1.54) is 21.5 Å². The molecule has 0 aliphatic carbocycles. The molecule has 0 aromatic carbocycles. The largest absolute Gasteiger partial charge is 0.309 e. The molecule has 0 radical (unpaired) electrons. The van der Waals surface area contributed by atoms with E-state index in [0.717, 1.165) is 19.6 Å². The third kappa shape index (κ3) is 3.80. The molecule has 18 heavy (non-hydrogen) atoms. The molecule has 0 amide bonds. The van der Waals surface area contributed by atoms with Crippen molar-refractivity contribution < 1.29 is 0 Å². The average Bonchev–Trinajstić information content (AvgIpc) is 2.68. The predicted octanol–water partition coefficient (Wildman–Crippen LogP) is 3.86. The molecular weight excluding hydrogens is 308 g/mol. The first-order valence-electron chi connectivity index (χ1n) is 6.73. The summed E-state index contributed by atoms with van der Waals surface area (Å²) in [5.41, 5.74) is 0.235. The van der Waals surface area contributed by atoms with Crippen molar-refractivity contribution in [2.45, 2.75) is 51.7 Å². The number of hydrogen-bond donors (Lipinski definition) is 1. The highest BCUT2D eigenvalue weighted by Crippen LogP contribution is 2.26. The van der Waals surface area contributed by atoms with Crippen LogP contribution in [0.5, 0.6) is 0 Å². The molecule has 102 valence electrons. The van der Waals surface area contributed by atoms with Crippen LogP contribution in [0.1, 0.15) is 38.5 Å². The molecule has 1 aliphatic rings. The second kappa shape index (κ2) is 6.04. The van der Waals surface area contributed by atoms with Crippen molar-refractivity contribution in [1.82, 2.24) is 10.2 Å². The van der Waals surface area contributed by atoms with E-state index in [2.05, 4.69) is 59.1 Å². The highest BCUT2D eigenvalue weighted by atomic mass is 79.9. The lowest BCUT2D eigenvalue weighted by atomic mass is 9.96. The van der Waals surface area contributed by atoms with Gasteiger partial charge in [-0.2, -0.15) is 0 Å². The third-order valence-corrected chi connectivity index (χ3v) is 5.15. The fourth-order valence-corrected chi connectivity index (χ4v) is 4.16. The lowest BCUT2D eigenvalue weighted by molar-refractivity contribution is 0.0836. The second-order valence-corrected chi connectivity index (χ2v) is 8.37. The van der Waals surface area contributed by atoms with Gasteiger partial charge in [-0.15, -0.1) is 11.3 Å². The van der Waals surface area contributed by atoms with E-state index in [-0.39, 0.29) is 5.54 Å². The van der Waals surface area contributed by atoms with Crippen molar-refractivity contribution >= 4 is 27.3 Å². The number of nitrogens with one attached hydrogen (secondary N) is 1. The Hall–Kier alpha value is 0.1000. The Morgan fingerprint density at radius 3 is 2.89 bits per heavy atom. The van der Waals surface area contributed by atoms with Gasteiger partial charge in [0.15, 0.2) is 0 Å². The van der Waals surface area contributed by atoms with Gasteiger partial charge in [-0.25, -0.2) is 0 Å². The predicted molar refractivity (Wildman–Crippen MR) is 83.2 cm³/mol. The van der Waals surface area contributed by atoms with E-state index in [1.807, 2.05) is 11.3 Å². The van der Waals surface area contributed by atoms with Gasteiger partial charge in [0.25, 0.3) is 0 Å². The Morgan fingerprint density at radius 2 is 2.28 bits per heavy atom. The van der Waals surface area contributed by atoms with Crippen molar-refractivity contribution in [1.29, 1.82) is 0 Å². The minimum Gasteiger partial charge on any atom is -0.309 e. The molecule has 1 aromatic rings. The molecule has 1 aliphatic heterocycles. The summed E-state index contributed by atoms with van der Waals surface area (Å²) in [4.78, 5) is 4.11. The highest BCUT2D eigenvalue weighted by molar-refractivity contribution is 9.11. The van der Waals surface area contributed by atoms with Gasteiger partial charge in [-0.3, -0.25) is 4.90 Å². The molecule has 4 heteroatoms. The fourth-order valence-electron chi connectivity index (χ4n) is 2.66. The normalized spacial score (nSPS) is 24.3. The molecule has 0 bridgehead atoms. The van der Waals surface area contributed by atoms with Crippen LogP contribution < -0.4 is 5.32 Å². The number of thiophene rings is 1. The zero-order valence-electron chi connectivity index (χ0n) is 11.5. The summed E-state index contributed by atoms with van der Waals surface area (Å²) in [6, 6.07) is 5.08. The third-order valence-electron chi connectivity index (χ3n) is 3.54. The van der Waals surface area contributed by atoms with Crippen LogP contribution in [0.25, 0.3) is 0 Å². The van der Waals surface area contributed by atoms with Crippen molar-refractivity contribution in [3.8, 4) is 0 Å². The summed E-state index contributed by atoms with van der Waals surface area (Å²) in [7, 11) is 0. The van der Waals surface area contributed by atoms with Crippen molar-refractivity contribution in [3.05, 3.63) is 20.8 Å². The standard InChI is InChI=1S/C14H23BrN2S/c1-4-5-11-8-16-14(2,3)10-17(11)9-12-6-7-13(15)18-12/h6-7,11,16H,4-5,8-10H2,1-3H3. The van der Waals surface area contributed by atoms with Crippen LogP contribution in [0.3, 0.4) is 0 Å². The molecule has 2 nitrogen and oxygen atoms in total. The maximum Gasteiger partial charge on any atom is 0.0701 e. The SMILES string of the molecule is CCCC1CNC(C)(C)CN1Cc1ccc(Br)s1. The molecule has 1 atom stereocenters. The summed E-state index contributed by atoms with van der Waals surface area (Å²) in [6.07, 6.45) is 2.55. The Morgan fingerprint density at radius 1 is 1.50 bits per heavy atom. The molecule has 0 spiro atoms. The van der Waals surface area contributed by atoms with Crippen LogP contribution in [0.4, 0.5) is 0 Å². The monoisotopic (exact) mass is 330 g/mol. The zero-order chi connectivity index (χ0) is 13.2. The van der Waals surface area contributed by atoms with Gasteiger partial charge in [0, 0.05) is 36.1 Å². The first kappa shape index (κ1) is 14.5. The number of hydrogen-bond acceptors (Lipinski definition) is 3. The van der Waals surface area contributed by atoms with Gasteiger partial charge in [-0.1, -0.05) is 13.3 Å². The van der Waals surface area contributed by atoms with Crippen LogP contribution in [0.15, 0.2) is 15.9 Å². The van der Waals surface area contributed by atoms with E-state index in [0.29, 0.717) is 6.04 Å². The van der Waals surface area contributed by atoms with Gasteiger partial charge in [0.05, 0.1) is 3.79 Å². The second-order valence-electron chi connectivity index (χ2n) is 5.82. The van der Waals surface area contributed by atoms with Gasteiger partial charge in [-0.05, 0) is 48.3 Å². The zero-order valence-corrected chi connectivity index (χ0v) is 13.9. The topological polar surface area (TPSA) is 15.3 Å². The fraction of sp³-hybridized carbons (Fsp3) is 0.714. The van der Waals surface area contributed by atoms with Crippen LogP contribution in [-0.4, -0.2) is 29.6 Å². The highest BCUT2D eigenvalue weighted by Gasteiger charge is 2.31. The number of piperazine rings is 1. The first-order valence-corrected chi connectivity index (χ1v) is 8.34. The van der Waals surface area contributed by atoms with E-state index >= 15 is 0 Å². The van der Waals surface area contributed by atoms with Crippen LogP contribution in [-0.2, 0) is 6.54 Å². The summed E-state index contributed by atoms with van der Waals surface area (Å²) in [5, 5.41) is 3.67. The smallest absolute Gasteiger partial charge is 0.0701 e. The first-order chi connectivity index (χ1) is 8.50. The minimum atomic E-state index is 0.235. The summed E-state index contributed by atoms with van der Waals surface area (Å²) in [5.74, 6) is 0. The maximum absolute atomic E-state index is 3.67. The van der Waals surface area contributed by atoms with Crippen molar-refractivity contribution in [2.75, 3.05) is 13.1 Å². The van der Waals surface area contributed by atoms with Crippen LogP contribution in [0, 0.1) is 0 Å². The molecule has 0 saturated carbocycles. The van der Waals surface area contributed by atoms with Crippen molar-refractivity contribution in [2.24, 2.45) is 0 Å². The summed E-state index contributed by atoms with van der Waals surface area (Å²) < 4.78 is 1.24. The van der Waals surface area contributed by atoms with Gasteiger partial charge < -0.3 is 5.32 Å². The lowest BCUT2D eigenvalue weighted by Crippen LogP contribution is -2.61. The number of nitrogens with zero attached hydrogens (tertiary/aromatic N) is 1. The molecule has 1 unspecified atom stereocenters. The molecule has 2 heterocycles. The Kier molecular flexibility index (Phi) is 4.86. The molecule has 1 aromatic heterocycles. The van der Waals surface area contributed by atoms with Gasteiger partial charge >= 0.3 is 0 Å². The van der Waals surface area contributed by atoms with E-state index < -0.39 is 0 Å². The maximum atomic E-state index is 3.67. The molecular formula is C14H23BrN2S. The Labute approximate surface area is 123 Å².